The van der Waals surface area contributed by atoms with Crippen LogP contribution in [-0.4, -0.2) is 30.0 Å². The quantitative estimate of drug-likeness (QED) is 0.576. The molecule has 2 N–H and O–H groups in total. The summed E-state index contributed by atoms with van der Waals surface area (Å²) in [6, 6.07) is 2.47. The van der Waals surface area contributed by atoms with Crippen molar-refractivity contribution in [3.8, 4) is 0 Å². The summed E-state index contributed by atoms with van der Waals surface area (Å²) in [6.07, 6.45) is -0.162. The minimum atomic E-state index is -4.17. The van der Waals surface area contributed by atoms with Crippen molar-refractivity contribution in [1.29, 1.82) is 0 Å². The van der Waals surface area contributed by atoms with Gasteiger partial charge in [0.2, 0.25) is 10.0 Å². The van der Waals surface area contributed by atoms with E-state index in [2.05, 4.69) is 4.72 Å². The Labute approximate surface area is 134 Å². The molecule has 0 saturated heterocycles. The third kappa shape index (κ3) is 5.00. The van der Waals surface area contributed by atoms with Gasteiger partial charge in [0.15, 0.2) is 4.90 Å². The highest BCUT2D eigenvalue weighted by Crippen LogP contribution is 2.28. The highest BCUT2D eigenvalue weighted by molar-refractivity contribution is 7.89. The van der Waals surface area contributed by atoms with E-state index in [9.17, 15) is 23.3 Å². The molecule has 0 aliphatic rings. The van der Waals surface area contributed by atoms with E-state index >= 15 is 0 Å². The zero-order chi connectivity index (χ0) is 18.0. The van der Waals surface area contributed by atoms with E-state index in [0.29, 0.717) is 11.1 Å². The fraction of sp³-hybridized carbons (Fsp3) is 0.500. The van der Waals surface area contributed by atoms with E-state index in [1.165, 1.54) is 26.0 Å². The lowest BCUT2D eigenvalue weighted by molar-refractivity contribution is -0.387. The molecule has 128 valence electrons. The SMILES string of the molecule is Cc1cc([N+](=O)[O-])c(S(=O)(=O)NC(C)(C)CCC(=O)O)cc1C. The molecule has 0 heterocycles. The van der Waals surface area contributed by atoms with E-state index in [0.717, 1.165) is 0 Å². The molecule has 0 amide bonds. The Bertz CT molecular complexity index is 740. The molecule has 0 aromatic heterocycles. The maximum atomic E-state index is 12.5. The van der Waals surface area contributed by atoms with Crippen LogP contribution in [0.4, 0.5) is 5.69 Å². The lowest BCUT2D eigenvalue weighted by Gasteiger charge is -2.25. The molecule has 0 fully saturated rings. The first kappa shape index (κ1) is 19.0. The third-order valence-electron chi connectivity index (χ3n) is 3.44. The molecule has 0 aliphatic heterocycles. The van der Waals surface area contributed by atoms with Gasteiger partial charge < -0.3 is 5.11 Å². The van der Waals surface area contributed by atoms with Gasteiger partial charge in [0, 0.05) is 18.0 Å². The topological polar surface area (TPSA) is 127 Å². The van der Waals surface area contributed by atoms with Gasteiger partial charge in [-0.05, 0) is 51.3 Å². The molecule has 0 saturated carbocycles. The van der Waals surface area contributed by atoms with E-state index in [-0.39, 0.29) is 12.8 Å². The van der Waals surface area contributed by atoms with Crippen molar-refractivity contribution in [2.24, 2.45) is 0 Å². The second kappa shape index (κ2) is 6.63. The van der Waals surface area contributed by atoms with E-state index in [1.807, 2.05) is 0 Å². The number of hydrogen-bond donors (Lipinski definition) is 2. The molecule has 0 aliphatic carbocycles. The molecule has 0 spiro atoms. The van der Waals surface area contributed by atoms with Crippen molar-refractivity contribution in [3.05, 3.63) is 33.4 Å². The van der Waals surface area contributed by atoms with Crippen molar-refractivity contribution in [2.75, 3.05) is 0 Å². The summed E-state index contributed by atoms with van der Waals surface area (Å²) in [4.78, 5) is 20.6. The van der Waals surface area contributed by atoms with Gasteiger partial charge in [-0.1, -0.05) is 0 Å². The molecule has 23 heavy (non-hydrogen) atoms. The van der Waals surface area contributed by atoms with Crippen LogP contribution >= 0.6 is 0 Å². The molecule has 0 bridgehead atoms. The number of nitrogens with zero attached hydrogens (tertiary/aromatic N) is 1. The van der Waals surface area contributed by atoms with Crippen molar-refractivity contribution in [3.63, 3.8) is 0 Å². The number of nitro groups is 1. The van der Waals surface area contributed by atoms with E-state index in [1.54, 1.807) is 13.8 Å². The largest absolute Gasteiger partial charge is 0.481 e. The summed E-state index contributed by atoms with van der Waals surface area (Å²) < 4.78 is 27.4. The first-order chi connectivity index (χ1) is 10.4. The molecular formula is C14H20N2O6S. The normalized spacial score (nSPS) is 12.2. The minimum Gasteiger partial charge on any atom is -0.481 e. The van der Waals surface area contributed by atoms with E-state index in [4.69, 9.17) is 5.11 Å². The van der Waals surface area contributed by atoms with Crippen LogP contribution in [0.15, 0.2) is 17.0 Å². The second-order valence-corrected chi connectivity index (χ2v) is 7.70. The number of carboxylic acid groups (broad SMARTS) is 1. The second-order valence-electron chi connectivity index (χ2n) is 6.04. The highest BCUT2D eigenvalue weighted by Gasteiger charge is 2.32. The molecule has 9 heteroatoms. The van der Waals surface area contributed by atoms with Crippen molar-refractivity contribution < 1.29 is 23.2 Å². The molecule has 0 atom stereocenters. The first-order valence-electron chi connectivity index (χ1n) is 6.87. The monoisotopic (exact) mass is 344 g/mol. The van der Waals surface area contributed by atoms with Gasteiger partial charge in [-0.15, -0.1) is 0 Å². The van der Waals surface area contributed by atoms with Gasteiger partial charge in [0.1, 0.15) is 0 Å². The zero-order valence-electron chi connectivity index (χ0n) is 13.4. The lowest BCUT2D eigenvalue weighted by atomic mass is 10.0. The van der Waals surface area contributed by atoms with Gasteiger partial charge in [-0.2, -0.15) is 0 Å². The van der Waals surface area contributed by atoms with E-state index < -0.39 is 37.0 Å². The Balaban J connectivity index is 3.26. The van der Waals surface area contributed by atoms with Crippen LogP contribution in [0.2, 0.25) is 0 Å². The summed E-state index contributed by atoms with van der Waals surface area (Å²) in [7, 11) is -4.17. The number of carboxylic acids is 1. The van der Waals surface area contributed by atoms with Gasteiger partial charge in [0.25, 0.3) is 5.69 Å². The number of carbonyl (C=O) groups is 1. The van der Waals surface area contributed by atoms with Crippen LogP contribution in [0.5, 0.6) is 0 Å². The maximum absolute atomic E-state index is 12.5. The number of benzene rings is 1. The average Bonchev–Trinajstić information content (AvgIpc) is 2.37. The molecule has 0 unspecified atom stereocenters. The predicted octanol–water partition coefficient (Wildman–Crippen LogP) is 2.13. The fourth-order valence-corrected chi connectivity index (χ4v) is 3.70. The lowest BCUT2D eigenvalue weighted by Crippen LogP contribution is -2.43. The summed E-state index contributed by atoms with van der Waals surface area (Å²) in [5.41, 5.74) is -0.334. The zero-order valence-corrected chi connectivity index (χ0v) is 14.2. The summed E-state index contributed by atoms with van der Waals surface area (Å²) in [5, 5.41) is 19.9. The van der Waals surface area contributed by atoms with Crippen LogP contribution in [0.25, 0.3) is 0 Å². The Morgan fingerprint density at radius 1 is 1.30 bits per heavy atom. The number of aliphatic carboxylic acids is 1. The van der Waals surface area contributed by atoms with Crippen molar-refractivity contribution in [2.45, 2.75) is 51.0 Å². The minimum absolute atomic E-state index is 0.0558. The molecule has 8 nitrogen and oxygen atoms in total. The van der Waals surface area contributed by atoms with Crippen LogP contribution in [0, 0.1) is 24.0 Å². The number of rotatable bonds is 7. The molecule has 1 aromatic carbocycles. The maximum Gasteiger partial charge on any atom is 0.303 e. The average molecular weight is 344 g/mol. The molecule has 1 rings (SSSR count). The first-order valence-corrected chi connectivity index (χ1v) is 8.35. The molecule has 1 aromatic rings. The van der Waals surface area contributed by atoms with Gasteiger partial charge in [0.05, 0.1) is 4.92 Å². The van der Waals surface area contributed by atoms with Crippen LogP contribution in [-0.2, 0) is 14.8 Å². The smallest absolute Gasteiger partial charge is 0.303 e. The fourth-order valence-electron chi connectivity index (χ4n) is 2.02. The number of aryl methyl sites for hydroxylation is 2. The number of nitrogens with one attached hydrogen (secondary N) is 1. The van der Waals surface area contributed by atoms with Gasteiger partial charge in [-0.25, -0.2) is 13.1 Å². The molecular weight excluding hydrogens is 324 g/mol. The predicted molar refractivity (Wildman–Crippen MR) is 83.8 cm³/mol. The Morgan fingerprint density at radius 2 is 1.83 bits per heavy atom. The number of hydrogen-bond acceptors (Lipinski definition) is 5. The van der Waals surface area contributed by atoms with Crippen LogP contribution in [0.1, 0.15) is 37.8 Å². The Hall–Kier alpha value is -2.00. The highest BCUT2D eigenvalue weighted by atomic mass is 32.2. The van der Waals surface area contributed by atoms with Crippen LogP contribution < -0.4 is 4.72 Å². The third-order valence-corrected chi connectivity index (χ3v) is 5.16. The standard InChI is InChI=1S/C14H20N2O6S/c1-9-7-11(16(19)20)12(8-10(9)2)23(21,22)15-14(3,4)6-5-13(17)18/h7-8,15H,5-6H2,1-4H3,(H,17,18). The summed E-state index contributed by atoms with van der Waals surface area (Å²) in [6.45, 7) is 6.37. The Morgan fingerprint density at radius 3 is 2.30 bits per heavy atom. The summed E-state index contributed by atoms with van der Waals surface area (Å²) >= 11 is 0. The van der Waals surface area contributed by atoms with Crippen molar-refractivity contribution >= 4 is 21.7 Å². The number of sulfonamides is 1. The molecule has 0 radical (unpaired) electrons. The summed E-state index contributed by atoms with van der Waals surface area (Å²) in [5.74, 6) is -1.05. The Kier molecular flexibility index (Phi) is 5.49. The van der Waals surface area contributed by atoms with Crippen LogP contribution in [0.3, 0.4) is 0 Å². The van der Waals surface area contributed by atoms with Crippen molar-refractivity contribution in [1.82, 2.24) is 4.72 Å². The number of nitro benzene ring substituents is 1. The van der Waals surface area contributed by atoms with Gasteiger partial charge in [-0.3, -0.25) is 14.9 Å². The van der Waals surface area contributed by atoms with Gasteiger partial charge >= 0.3 is 5.97 Å².